The Labute approximate surface area is 131 Å². The molecule has 0 bridgehead atoms. The highest BCUT2D eigenvalue weighted by atomic mass is 32.2. The number of carbonyl (C=O) groups is 1. The van der Waals surface area contributed by atoms with Crippen LogP contribution in [0.1, 0.15) is 25.6 Å². The van der Waals surface area contributed by atoms with Gasteiger partial charge in [0, 0.05) is 11.5 Å². The van der Waals surface area contributed by atoms with Crippen LogP contribution in [0.2, 0.25) is 0 Å². The topological polar surface area (TPSA) is 92.8 Å². The van der Waals surface area contributed by atoms with Crippen molar-refractivity contribution in [3.05, 3.63) is 16.5 Å². The Bertz CT molecular complexity index is 540. The second kappa shape index (κ2) is 6.27. The number of nitrogens with one attached hydrogen (secondary N) is 2. The Morgan fingerprint density at radius 3 is 3.05 bits per heavy atom. The van der Waals surface area contributed by atoms with E-state index in [1.165, 1.54) is 11.8 Å². The molecule has 1 saturated heterocycles. The van der Waals surface area contributed by atoms with Gasteiger partial charge in [0.15, 0.2) is 0 Å². The van der Waals surface area contributed by atoms with Crippen LogP contribution in [0.15, 0.2) is 10.7 Å². The van der Waals surface area contributed by atoms with Gasteiger partial charge in [-0.2, -0.15) is 17.0 Å². The maximum atomic E-state index is 12.6. The zero-order valence-electron chi connectivity index (χ0n) is 11.7. The molecular formula is C12H17N5O2S2. The van der Waals surface area contributed by atoms with E-state index in [9.17, 15) is 4.79 Å². The van der Waals surface area contributed by atoms with Gasteiger partial charge in [0.25, 0.3) is 5.91 Å². The molecule has 3 rings (SSSR count). The molecule has 2 aliphatic rings. The predicted molar refractivity (Wildman–Crippen MR) is 81.7 cm³/mol. The van der Waals surface area contributed by atoms with Crippen LogP contribution in [0.5, 0.6) is 0 Å². The van der Waals surface area contributed by atoms with E-state index in [4.69, 9.17) is 4.74 Å². The second-order valence-electron chi connectivity index (χ2n) is 5.01. The molecule has 0 saturated carbocycles. The van der Waals surface area contributed by atoms with E-state index in [0.717, 1.165) is 30.1 Å². The summed E-state index contributed by atoms with van der Waals surface area (Å²) in [5.74, 6) is 3.79. The van der Waals surface area contributed by atoms with Crippen molar-refractivity contribution in [2.75, 3.05) is 23.9 Å². The average Bonchev–Trinajstić information content (AvgIpc) is 3.03. The molecule has 1 fully saturated rings. The monoisotopic (exact) mass is 327 g/mol. The summed E-state index contributed by atoms with van der Waals surface area (Å²) >= 11 is 3.33. The lowest BCUT2D eigenvalue weighted by molar-refractivity contribution is -0.119. The number of aromatic nitrogens is 4. The van der Waals surface area contributed by atoms with Crippen LogP contribution >= 0.6 is 23.5 Å². The summed E-state index contributed by atoms with van der Waals surface area (Å²) in [7, 11) is 0. The molecule has 9 heteroatoms. The van der Waals surface area contributed by atoms with Crippen molar-refractivity contribution < 1.29 is 9.53 Å². The quantitative estimate of drug-likeness (QED) is 0.856. The van der Waals surface area contributed by atoms with E-state index in [-0.39, 0.29) is 5.91 Å². The summed E-state index contributed by atoms with van der Waals surface area (Å²) in [5.41, 5.74) is -0.543. The lowest BCUT2D eigenvalue weighted by Gasteiger charge is -2.35. The molecule has 114 valence electrons. The molecule has 1 unspecified atom stereocenters. The summed E-state index contributed by atoms with van der Waals surface area (Å²) < 4.78 is 5.47. The highest BCUT2D eigenvalue weighted by Gasteiger charge is 2.40. The van der Waals surface area contributed by atoms with Crippen LogP contribution in [-0.4, -0.2) is 50.4 Å². The Morgan fingerprint density at radius 1 is 1.48 bits per heavy atom. The summed E-state index contributed by atoms with van der Waals surface area (Å²) in [6.45, 7) is 2.48. The molecule has 3 heterocycles. The lowest BCUT2D eigenvalue weighted by atomic mass is 9.94. The standard InChI is InChI=1S/C12H17N5O2S2/c1-8-9(21-6-4-19-8)10(18)13-12(3-2-5-20-7-12)11-14-16-17-15-11/h2-7H2,1H3,(H,13,18)(H,14,15,16,17). The van der Waals surface area contributed by atoms with E-state index in [1.807, 2.05) is 6.92 Å². The maximum absolute atomic E-state index is 12.6. The number of H-pyrrole nitrogens is 1. The number of amides is 1. The van der Waals surface area contributed by atoms with Crippen LogP contribution in [0.25, 0.3) is 0 Å². The smallest absolute Gasteiger partial charge is 0.261 e. The van der Waals surface area contributed by atoms with Crippen LogP contribution in [0, 0.1) is 0 Å². The lowest BCUT2D eigenvalue weighted by Crippen LogP contribution is -2.50. The molecule has 2 aliphatic heterocycles. The summed E-state index contributed by atoms with van der Waals surface area (Å²) in [6, 6.07) is 0. The fourth-order valence-electron chi connectivity index (χ4n) is 2.50. The molecule has 7 nitrogen and oxygen atoms in total. The van der Waals surface area contributed by atoms with E-state index >= 15 is 0 Å². The van der Waals surface area contributed by atoms with Crippen LogP contribution in [-0.2, 0) is 15.1 Å². The SMILES string of the molecule is CC1=C(C(=O)NC2(c3nn[nH]n3)CCCSC2)SCCO1. The normalized spacial score (nSPS) is 26.3. The Balaban J connectivity index is 1.83. The van der Waals surface area contributed by atoms with Crippen molar-refractivity contribution in [1.82, 2.24) is 25.9 Å². The molecule has 1 aromatic heterocycles. The van der Waals surface area contributed by atoms with Gasteiger partial charge in [0.05, 0.1) is 6.61 Å². The molecule has 1 amide bonds. The number of carbonyl (C=O) groups excluding carboxylic acids is 1. The van der Waals surface area contributed by atoms with E-state index in [1.54, 1.807) is 11.8 Å². The fraction of sp³-hybridized carbons (Fsp3) is 0.667. The number of ether oxygens (including phenoxy) is 1. The minimum absolute atomic E-state index is 0.107. The minimum Gasteiger partial charge on any atom is -0.496 e. The highest BCUT2D eigenvalue weighted by Crippen LogP contribution is 2.35. The molecule has 1 atom stereocenters. The number of aromatic amines is 1. The number of tetrazole rings is 1. The highest BCUT2D eigenvalue weighted by molar-refractivity contribution is 8.04. The van der Waals surface area contributed by atoms with Gasteiger partial charge in [-0.3, -0.25) is 4.79 Å². The van der Waals surface area contributed by atoms with Gasteiger partial charge in [0.1, 0.15) is 16.2 Å². The summed E-state index contributed by atoms with van der Waals surface area (Å²) in [5, 5.41) is 17.5. The summed E-state index contributed by atoms with van der Waals surface area (Å²) in [6.07, 6.45) is 1.84. The number of allylic oxidation sites excluding steroid dienone is 1. The maximum Gasteiger partial charge on any atom is 0.261 e. The molecule has 0 radical (unpaired) electrons. The number of hydrogen-bond acceptors (Lipinski definition) is 7. The Hall–Kier alpha value is -1.22. The number of nitrogens with zero attached hydrogens (tertiary/aromatic N) is 3. The zero-order chi connectivity index (χ0) is 14.7. The number of hydrogen-bond donors (Lipinski definition) is 2. The van der Waals surface area contributed by atoms with Crippen molar-refractivity contribution in [1.29, 1.82) is 0 Å². The second-order valence-corrected chi connectivity index (χ2v) is 7.22. The van der Waals surface area contributed by atoms with Gasteiger partial charge in [-0.25, -0.2) is 0 Å². The number of thioether (sulfide) groups is 2. The minimum atomic E-state index is -0.543. The van der Waals surface area contributed by atoms with E-state index in [2.05, 4.69) is 25.9 Å². The van der Waals surface area contributed by atoms with Gasteiger partial charge >= 0.3 is 0 Å². The predicted octanol–water partition coefficient (Wildman–Crippen LogP) is 1.03. The van der Waals surface area contributed by atoms with Gasteiger partial charge in [-0.05, 0) is 25.5 Å². The first-order valence-electron chi connectivity index (χ1n) is 6.82. The third-order valence-corrected chi connectivity index (χ3v) is 5.95. The fourth-order valence-corrected chi connectivity index (χ4v) is 4.50. The zero-order valence-corrected chi connectivity index (χ0v) is 13.4. The van der Waals surface area contributed by atoms with Crippen molar-refractivity contribution in [3.63, 3.8) is 0 Å². The van der Waals surface area contributed by atoms with Gasteiger partial charge in [-0.1, -0.05) is 5.21 Å². The first-order chi connectivity index (χ1) is 10.2. The largest absolute Gasteiger partial charge is 0.496 e. The third kappa shape index (κ3) is 3.03. The Morgan fingerprint density at radius 2 is 2.38 bits per heavy atom. The molecule has 21 heavy (non-hydrogen) atoms. The summed E-state index contributed by atoms with van der Waals surface area (Å²) in [4.78, 5) is 13.3. The molecule has 2 N–H and O–H groups in total. The van der Waals surface area contributed by atoms with Crippen molar-refractivity contribution in [3.8, 4) is 0 Å². The van der Waals surface area contributed by atoms with Crippen molar-refractivity contribution in [2.45, 2.75) is 25.3 Å². The van der Waals surface area contributed by atoms with E-state index < -0.39 is 5.54 Å². The molecule has 0 spiro atoms. The Kier molecular flexibility index (Phi) is 4.39. The van der Waals surface area contributed by atoms with E-state index in [0.29, 0.717) is 23.1 Å². The van der Waals surface area contributed by atoms with Gasteiger partial charge < -0.3 is 10.1 Å². The van der Waals surface area contributed by atoms with Gasteiger partial charge in [0.2, 0.25) is 5.82 Å². The number of rotatable bonds is 3. The van der Waals surface area contributed by atoms with Crippen molar-refractivity contribution in [2.24, 2.45) is 0 Å². The molecular weight excluding hydrogens is 310 g/mol. The van der Waals surface area contributed by atoms with Crippen LogP contribution in [0.3, 0.4) is 0 Å². The van der Waals surface area contributed by atoms with Crippen molar-refractivity contribution >= 4 is 29.4 Å². The average molecular weight is 327 g/mol. The van der Waals surface area contributed by atoms with Crippen LogP contribution in [0.4, 0.5) is 0 Å². The molecule has 1 aromatic rings. The first kappa shape index (κ1) is 14.7. The van der Waals surface area contributed by atoms with Gasteiger partial charge in [-0.15, -0.1) is 22.0 Å². The molecule has 0 aliphatic carbocycles. The van der Waals surface area contributed by atoms with Crippen LogP contribution < -0.4 is 5.32 Å². The third-order valence-electron chi connectivity index (χ3n) is 3.54. The molecule has 0 aromatic carbocycles. The first-order valence-corrected chi connectivity index (χ1v) is 8.96.